The van der Waals surface area contributed by atoms with E-state index in [1.54, 1.807) is 50.5 Å². The van der Waals surface area contributed by atoms with E-state index in [1.807, 2.05) is 0 Å². The van der Waals surface area contributed by atoms with Gasteiger partial charge in [0.1, 0.15) is 17.7 Å². The van der Waals surface area contributed by atoms with Crippen molar-refractivity contribution in [3.63, 3.8) is 0 Å². The van der Waals surface area contributed by atoms with Crippen LogP contribution < -0.4 is 5.73 Å². The number of benzene rings is 2. The molecule has 202 valence electrons. The summed E-state index contributed by atoms with van der Waals surface area (Å²) in [5, 5.41) is 7.12. The fourth-order valence-electron chi connectivity index (χ4n) is 3.45. The molecule has 1 aliphatic rings. The van der Waals surface area contributed by atoms with Crippen LogP contribution in [-0.2, 0) is 24.2 Å². The molecular weight excluding hydrogens is 522 g/mol. The molecule has 2 atom stereocenters. The number of carbonyl (C=O) groups is 3. The summed E-state index contributed by atoms with van der Waals surface area (Å²) in [6, 6.07) is 11.8. The number of likely N-dealkylation sites (N-methyl/N-ethyl adjacent to an activating group) is 1. The second-order valence-corrected chi connectivity index (χ2v) is 10.5. The lowest BCUT2D eigenvalue weighted by Crippen LogP contribution is -2.50. The highest BCUT2D eigenvalue weighted by atomic mass is 32.2. The number of alkyl halides is 3. The number of amides is 2. The highest BCUT2D eigenvalue weighted by molar-refractivity contribution is 7.91. The molecule has 2 aromatic carbocycles. The molecule has 0 saturated carbocycles. The van der Waals surface area contributed by atoms with Gasteiger partial charge in [0.05, 0.1) is 11.7 Å². The van der Waals surface area contributed by atoms with E-state index in [9.17, 15) is 35.6 Å². The van der Waals surface area contributed by atoms with E-state index in [1.165, 1.54) is 21.9 Å². The number of hydrogen-bond acceptors (Lipinski definition) is 6. The molecule has 0 spiro atoms. The first-order valence-corrected chi connectivity index (χ1v) is 12.5. The zero-order valence-electron chi connectivity index (χ0n) is 19.8. The Kier molecular flexibility index (Phi) is 9.38. The molecule has 14 heteroatoms. The monoisotopic (exact) mass is 547 g/mol. The zero-order chi connectivity index (χ0) is 28.1. The molecule has 1 saturated heterocycles. The molecule has 1 fully saturated rings. The summed E-state index contributed by atoms with van der Waals surface area (Å²) in [5.74, 6) is -5.46. The summed E-state index contributed by atoms with van der Waals surface area (Å²) in [4.78, 5) is 37.1. The van der Waals surface area contributed by atoms with Crippen LogP contribution in [0.5, 0.6) is 0 Å². The highest BCUT2D eigenvalue weighted by Gasteiger charge is 2.39. The smallest absolute Gasteiger partial charge is 0.475 e. The molecule has 0 radical (unpaired) electrons. The number of nitrogens with two attached hydrogens (primary N) is 1. The first-order chi connectivity index (χ1) is 17.0. The van der Waals surface area contributed by atoms with E-state index in [2.05, 4.69) is 0 Å². The number of carbonyl (C=O) groups excluding carboxylic acids is 2. The van der Waals surface area contributed by atoms with Gasteiger partial charge in [-0.2, -0.15) is 13.2 Å². The first-order valence-electron chi connectivity index (χ1n) is 10.7. The molecule has 0 bridgehead atoms. The van der Waals surface area contributed by atoms with Gasteiger partial charge in [-0.25, -0.2) is 17.6 Å². The molecule has 9 nitrogen and oxygen atoms in total. The van der Waals surface area contributed by atoms with Gasteiger partial charge in [-0.1, -0.05) is 36.4 Å². The Labute approximate surface area is 210 Å². The van der Waals surface area contributed by atoms with Gasteiger partial charge in [0.2, 0.25) is 11.8 Å². The topological polar surface area (TPSA) is 138 Å². The zero-order valence-corrected chi connectivity index (χ0v) is 20.6. The minimum absolute atomic E-state index is 0.0707. The average molecular weight is 548 g/mol. The minimum atomic E-state index is -5.08. The summed E-state index contributed by atoms with van der Waals surface area (Å²) in [7, 11) is -0.174. The van der Waals surface area contributed by atoms with Crippen molar-refractivity contribution in [2.45, 2.75) is 18.1 Å². The van der Waals surface area contributed by atoms with Crippen molar-refractivity contribution >= 4 is 27.6 Å². The average Bonchev–Trinajstić information content (AvgIpc) is 3.19. The Morgan fingerprint density at radius 1 is 1.00 bits per heavy atom. The fraction of sp³-hybridized carbons (Fsp3) is 0.348. The number of aliphatic carboxylic acids is 1. The van der Waals surface area contributed by atoms with Crippen LogP contribution >= 0.6 is 0 Å². The number of halogens is 4. The molecule has 1 aliphatic heterocycles. The van der Waals surface area contributed by atoms with E-state index in [0.29, 0.717) is 5.56 Å². The van der Waals surface area contributed by atoms with Crippen molar-refractivity contribution in [2.75, 3.05) is 32.3 Å². The summed E-state index contributed by atoms with van der Waals surface area (Å²) >= 11 is 0. The van der Waals surface area contributed by atoms with E-state index in [-0.39, 0.29) is 29.9 Å². The number of carboxylic acid groups (broad SMARTS) is 1. The normalized spacial score (nSPS) is 16.2. The van der Waals surface area contributed by atoms with Gasteiger partial charge in [-0.15, -0.1) is 0 Å². The first kappa shape index (κ1) is 29.7. The van der Waals surface area contributed by atoms with Gasteiger partial charge < -0.3 is 20.6 Å². The summed E-state index contributed by atoms with van der Waals surface area (Å²) in [6.07, 6.45) is -5.08. The summed E-state index contributed by atoms with van der Waals surface area (Å²) in [6.45, 7) is 0.0707. The predicted molar refractivity (Wildman–Crippen MR) is 125 cm³/mol. The number of nitrogens with zero attached hydrogens (tertiary/aromatic N) is 2. The van der Waals surface area contributed by atoms with Crippen LogP contribution in [0, 0.1) is 5.82 Å². The maximum Gasteiger partial charge on any atom is 0.490 e. The van der Waals surface area contributed by atoms with Crippen LogP contribution in [0.1, 0.15) is 11.5 Å². The second-order valence-electron chi connectivity index (χ2n) is 8.35. The lowest BCUT2D eigenvalue weighted by Gasteiger charge is -2.28. The third-order valence-corrected chi connectivity index (χ3v) is 6.89. The molecule has 0 aliphatic carbocycles. The van der Waals surface area contributed by atoms with E-state index in [4.69, 9.17) is 15.6 Å². The van der Waals surface area contributed by atoms with Crippen LogP contribution in [0.2, 0.25) is 0 Å². The van der Waals surface area contributed by atoms with Gasteiger partial charge in [0, 0.05) is 20.6 Å². The number of sulfone groups is 1. The van der Waals surface area contributed by atoms with Crippen LogP contribution in [0.3, 0.4) is 0 Å². The Morgan fingerprint density at radius 2 is 1.46 bits per heavy atom. The molecule has 3 N–H and O–H groups in total. The highest BCUT2D eigenvalue weighted by Crippen LogP contribution is 2.27. The summed E-state index contributed by atoms with van der Waals surface area (Å²) in [5.41, 5.74) is 8.36. The van der Waals surface area contributed by atoms with Crippen molar-refractivity contribution < 1.29 is 45.5 Å². The minimum Gasteiger partial charge on any atom is -0.475 e. The summed E-state index contributed by atoms with van der Waals surface area (Å²) < 4.78 is 68.3. The maximum atomic E-state index is 13.1. The van der Waals surface area contributed by atoms with Crippen LogP contribution in [0.15, 0.2) is 48.5 Å². The number of hydrogen-bond donors (Lipinski definition) is 2. The van der Waals surface area contributed by atoms with Crippen molar-refractivity contribution in [1.82, 2.24) is 9.80 Å². The largest absolute Gasteiger partial charge is 0.490 e. The van der Waals surface area contributed by atoms with Gasteiger partial charge >= 0.3 is 12.1 Å². The Morgan fingerprint density at radius 3 is 1.84 bits per heavy atom. The lowest BCUT2D eigenvalue weighted by molar-refractivity contribution is -0.192. The van der Waals surface area contributed by atoms with Gasteiger partial charge in [0.15, 0.2) is 9.84 Å². The van der Waals surface area contributed by atoms with Crippen molar-refractivity contribution in [1.29, 1.82) is 0 Å². The van der Waals surface area contributed by atoms with Gasteiger partial charge in [-0.05, 0) is 28.8 Å². The van der Waals surface area contributed by atoms with Crippen molar-refractivity contribution in [3.05, 3.63) is 59.9 Å². The lowest BCUT2D eigenvalue weighted by atomic mass is 9.88. The third-order valence-electron chi connectivity index (χ3n) is 5.38. The van der Waals surface area contributed by atoms with Crippen molar-refractivity contribution in [3.8, 4) is 11.1 Å². The molecule has 2 aromatic rings. The van der Waals surface area contributed by atoms with Crippen LogP contribution in [0.25, 0.3) is 11.1 Å². The Balaban J connectivity index is 0.000000604. The maximum absolute atomic E-state index is 13.1. The molecule has 37 heavy (non-hydrogen) atoms. The molecule has 3 rings (SSSR count). The predicted octanol–water partition coefficient (Wildman–Crippen LogP) is 1.84. The van der Waals surface area contributed by atoms with Gasteiger partial charge in [-0.3, -0.25) is 9.59 Å². The molecule has 0 aromatic heterocycles. The second kappa shape index (κ2) is 11.7. The number of rotatable bonds is 5. The molecular formula is C23H25F4N3O6S. The van der Waals surface area contributed by atoms with Gasteiger partial charge in [0.25, 0.3) is 0 Å². The standard InChI is InChI=1S/C21H24FN3O4S.C2HF3O2/c1-24(2)20(26)18(19(23)21(27)25-11-12-30(28,29)13-25)16-5-3-14(4-6-16)15-7-9-17(22)10-8-15;3-2(4,5)1(6)7/h3-10,18-19H,11-13,23H2,1-2H3;(H,6,7)/t18-,19-;/m0./s1. The van der Waals surface area contributed by atoms with Crippen molar-refractivity contribution in [2.24, 2.45) is 5.73 Å². The quantitative estimate of drug-likeness (QED) is 0.545. The third kappa shape index (κ3) is 7.98. The molecule has 0 unspecified atom stereocenters. The Bertz CT molecular complexity index is 1230. The number of carboxylic acids is 1. The SMILES string of the molecule is CN(C)C(=O)[C@@H](c1ccc(-c2ccc(F)cc2)cc1)[C@H](N)C(=O)N1CCS(=O)(=O)C1.O=C(O)C(F)(F)F. The van der Waals surface area contributed by atoms with E-state index >= 15 is 0 Å². The van der Waals surface area contributed by atoms with Crippen LogP contribution in [-0.4, -0.2) is 85.6 Å². The van der Waals surface area contributed by atoms with Crippen LogP contribution in [0.4, 0.5) is 17.6 Å². The molecule has 1 heterocycles. The van der Waals surface area contributed by atoms with E-state index in [0.717, 1.165) is 11.1 Å². The fourth-order valence-corrected chi connectivity index (χ4v) is 4.81. The Hall–Kier alpha value is -3.52. The van der Waals surface area contributed by atoms with E-state index < -0.39 is 39.8 Å². The molecule has 2 amide bonds.